The number of nitrogens with zero attached hydrogens (tertiary/aromatic N) is 3. The second-order valence-electron chi connectivity index (χ2n) is 5.87. The first-order valence-electron chi connectivity index (χ1n) is 6.95. The molecule has 0 bridgehead atoms. The fraction of sp³-hybridized carbons (Fsp3) is 0.643. The van der Waals surface area contributed by atoms with Crippen molar-refractivity contribution in [1.82, 2.24) is 14.3 Å². The van der Waals surface area contributed by atoms with Crippen LogP contribution >= 0.6 is 11.3 Å². The zero-order valence-corrected chi connectivity index (χ0v) is 12.8. The van der Waals surface area contributed by atoms with E-state index in [4.69, 9.17) is 5.73 Å². The van der Waals surface area contributed by atoms with E-state index in [0.717, 1.165) is 30.2 Å². The lowest BCUT2D eigenvalue weighted by Gasteiger charge is -2.35. The van der Waals surface area contributed by atoms with Crippen molar-refractivity contribution in [2.75, 3.05) is 13.1 Å². The van der Waals surface area contributed by atoms with Crippen molar-refractivity contribution < 1.29 is 0 Å². The predicted molar refractivity (Wildman–Crippen MR) is 79.6 cm³/mol. The van der Waals surface area contributed by atoms with E-state index in [1.165, 1.54) is 24.2 Å². The maximum absolute atomic E-state index is 6.58. The zero-order valence-electron chi connectivity index (χ0n) is 11.9. The van der Waals surface area contributed by atoms with Gasteiger partial charge in [0.05, 0.1) is 11.4 Å². The maximum atomic E-state index is 6.58. The third-order valence-corrected chi connectivity index (χ3v) is 5.13. The molecule has 2 aromatic heterocycles. The fourth-order valence-corrected chi connectivity index (χ4v) is 3.99. The molecule has 2 aromatic rings. The van der Waals surface area contributed by atoms with Gasteiger partial charge in [0.15, 0.2) is 4.96 Å². The number of likely N-dealkylation sites (tertiary alicyclic amines) is 1. The lowest BCUT2D eigenvalue weighted by atomic mass is 10.0. The number of thiazole rings is 1. The van der Waals surface area contributed by atoms with Crippen LogP contribution < -0.4 is 5.73 Å². The number of imidazole rings is 1. The van der Waals surface area contributed by atoms with E-state index in [1.807, 2.05) is 0 Å². The first-order valence-corrected chi connectivity index (χ1v) is 7.83. The summed E-state index contributed by atoms with van der Waals surface area (Å²) < 4.78 is 2.27. The quantitative estimate of drug-likeness (QED) is 0.937. The van der Waals surface area contributed by atoms with Crippen LogP contribution in [0.5, 0.6) is 0 Å². The molecule has 0 spiro atoms. The first kappa shape index (κ1) is 13.1. The predicted octanol–water partition coefficient (Wildman–Crippen LogP) is 2.33. The topological polar surface area (TPSA) is 46.6 Å². The maximum Gasteiger partial charge on any atom is 0.194 e. The highest BCUT2D eigenvalue weighted by molar-refractivity contribution is 7.15. The molecule has 0 aromatic carbocycles. The van der Waals surface area contributed by atoms with Gasteiger partial charge in [-0.2, -0.15) is 0 Å². The minimum atomic E-state index is -0.272. The van der Waals surface area contributed by atoms with Crippen molar-refractivity contribution >= 4 is 16.3 Å². The summed E-state index contributed by atoms with van der Waals surface area (Å²) in [7, 11) is 0. The number of fused-ring (bicyclic) bond motifs is 1. The van der Waals surface area contributed by atoms with Crippen LogP contribution in [0.4, 0.5) is 0 Å². The van der Waals surface area contributed by atoms with E-state index in [0.29, 0.717) is 0 Å². The van der Waals surface area contributed by atoms with Crippen LogP contribution in [0.15, 0.2) is 5.38 Å². The van der Waals surface area contributed by atoms with Crippen molar-refractivity contribution in [2.24, 2.45) is 5.73 Å². The molecule has 0 radical (unpaired) electrons. The molecule has 3 rings (SSSR count). The highest BCUT2D eigenvalue weighted by atomic mass is 32.1. The molecule has 1 aliphatic heterocycles. The SMILES string of the molecule is Cc1nc2scc(C)n2c1CC(C)(N)N1CCCC1. The third-order valence-electron chi connectivity index (χ3n) is 4.18. The number of rotatable bonds is 3. The van der Waals surface area contributed by atoms with Gasteiger partial charge in [-0.1, -0.05) is 0 Å². The van der Waals surface area contributed by atoms with Gasteiger partial charge in [0.2, 0.25) is 0 Å². The molecule has 3 heterocycles. The lowest BCUT2D eigenvalue weighted by molar-refractivity contribution is 0.140. The lowest BCUT2D eigenvalue weighted by Crippen LogP contribution is -2.54. The van der Waals surface area contributed by atoms with Crippen molar-refractivity contribution in [3.8, 4) is 0 Å². The van der Waals surface area contributed by atoms with Gasteiger partial charge in [0.1, 0.15) is 0 Å². The van der Waals surface area contributed by atoms with Crippen LogP contribution in [0.25, 0.3) is 4.96 Å². The highest BCUT2D eigenvalue weighted by Crippen LogP contribution is 2.26. The van der Waals surface area contributed by atoms with Gasteiger partial charge >= 0.3 is 0 Å². The van der Waals surface area contributed by atoms with Gasteiger partial charge in [-0.05, 0) is 46.7 Å². The van der Waals surface area contributed by atoms with Crippen LogP contribution in [0.2, 0.25) is 0 Å². The van der Waals surface area contributed by atoms with E-state index in [-0.39, 0.29) is 5.66 Å². The van der Waals surface area contributed by atoms with E-state index in [9.17, 15) is 0 Å². The van der Waals surface area contributed by atoms with E-state index in [2.05, 4.69) is 40.4 Å². The van der Waals surface area contributed by atoms with Gasteiger partial charge in [-0.3, -0.25) is 9.30 Å². The number of aryl methyl sites for hydroxylation is 2. The minimum absolute atomic E-state index is 0.272. The van der Waals surface area contributed by atoms with Gasteiger partial charge in [0, 0.05) is 23.2 Å². The minimum Gasteiger partial charge on any atom is -0.313 e. The standard InChI is InChI=1S/C14H22N4S/c1-10-9-19-13-16-11(2)12(18(10)13)8-14(3,15)17-6-4-5-7-17/h9H,4-8,15H2,1-3H3. The number of nitrogens with two attached hydrogens (primary N) is 1. The molecule has 19 heavy (non-hydrogen) atoms. The second-order valence-corrected chi connectivity index (χ2v) is 6.70. The van der Waals surface area contributed by atoms with Crippen LogP contribution in [0, 0.1) is 13.8 Å². The van der Waals surface area contributed by atoms with E-state index in [1.54, 1.807) is 11.3 Å². The summed E-state index contributed by atoms with van der Waals surface area (Å²) in [5.41, 5.74) is 9.95. The van der Waals surface area contributed by atoms with Crippen LogP contribution in [0.3, 0.4) is 0 Å². The molecule has 104 valence electrons. The van der Waals surface area contributed by atoms with Gasteiger partial charge in [0.25, 0.3) is 0 Å². The van der Waals surface area contributed by atoms with Crippen LogP contribution in [-0.4, -0.2) is 33.0 Å². The summed E-state index contributed by atoms with van der Waals surface area (Å²) in [5.74, 6) is 0. The molecule has 4 nitrogen and oxygen atoms in total. The normalized spacial score (nSPS) is 20.2. The van der Waals surface area contributed by atoms with Crippen molar-refractivity contribution in [3.05, 3.63) is 22.5 Å². The van der Waals surface area contributed by atoms with Gasteiger partial charge in [-0.15, -0.1) is 11.3 Å². The Morgan fingerprint density at radius 1 is 1.37 bits per heavy atom. The van der Waals surface area contributed by atoms with Crippen LogP contribution in [0.1, 0.15) is 36.8 Å². The number of hydrogen-bond acceptors (Lipinski definition) is 4. The first-order chi connectivity index (χ1) is 8.99. The molecule has 1 unspecified atom stereocenters. The Hall–Kier alpha value is -0.910. The van der Waals surface area contributed by atoms with Gasteiger partial charge < -0.3 is 5.73 Å². The van der Waals surface area contributed by atoms with Crippen molar-refractivity contribution in [3.63, 3.8) is 0 Å². The molecule has 1 fully saturated rings. The molecule has 5 heteroatoms. The molecule has 0 aliphatic carbocycles. The number of aromatic nitrogens is 2. The summed E-state index contributed by atoms with van der Waals surface area (Å²) in [5, 5.41) is 2.16. The summed E-state index contributed by atoms with van der Waals surface area (Å²) in [6.45, 7) is 8.62. The average molecular weight is 278 g/mol. The van der Waals surface area contributed by atoms with E-state index < -0.39 is 0 Å². The Morgan fingerprint density at radius 2 is 2.05 bits per heavy atom. The summed E-state index contributed by atoms with van der Waals surface area (Å²) in [6, 6.07) is 0. The smallest absolute Gasteiger partial charge is 0.194 e. The Kier molecular flexibility index (Phi) is 3.15. The Balaban J connectivity index is 1.95. The van der Waals surface area contributed by atoms with Crippen molar-refractivity contribution in [2.45, 2.75) is 45.7 Å². The third kappa shape index (κ3) is 2.20. The molecule has 1 atom stereocenters. The zero-order chi connectivity index (χ0) is 13.6. The molecule has 0 amide bonds. The summed E-state index contributed by atoms with van der Waals surface area (Å²) >= 11 is 1.70. The van der Waals surface area contributed by atoms with Crippen LogP contribution in [-0.2, 0) is 6.42 Å². The molecule has 2 N–H and O–H groups in total. The molecule has 1 saturated heterocycles. The fourth-order valence-electron chi connectivity index (χ4n) is 3.05. The monoisotopic (exact) mass is 278 g/mol. The highest BCUT2D eigenvalue weighted by Gasteiger charge is 2.31. The largest absolute Gasteiger partial charge is 0.313 e. The molecule has 1 aliphatic rings. The number of hydrogen-bond donors (Lipinski definition) is 1. The summed E-state index contributed by atoms with van der Waals surface area (Å²) in [6.07, 6.45) is 3.40. The summed E-state index contributed by atoms with van der Waals surface area (Å²) in [4.78, 5) is 8.15. The average Bonchev–Trinajstić information content (AvgIpc) is 3.01. The van der Waals surface area contributed by atoms with Crippen molar-refractivity contribution in [1.29, 1.82) is 0 Å². The van der Waals surface area contributed by atoms with E-state index >= 15 is 0 Å². The molecule has 0 saturated carbocycles. The molecular formula is C14H22N4S. The Morgan fingerprint density at radius 3 is 2.74 bits per heavy atom. The Labute approximate surface area is 118 Å². The Bertz CT molecular complexity index is 590. The second kappa shape index (κ2) is 4.58. The van der Waals surface area contributed by atoms with Gasteiger partial charge in [-0.25, -0.2) is 4.98 Å². The molecular weight excluding hydrogens is 256 g/mol.